The highest BCUT2D eigenvalue weighted by Crippen LogP contribution is 2.19. The van der Waals surface area contributed by atoms with Crippen molar-refractivity contribution < 1.29 is 14.6 Å². The van der Waals surface area contributed by atoms with Crippen LogP contribution in [0.3, 0.4) is 0 Å². The molecule has 0 atom stereocenters. The van der Waals surface area contributed by atoms with Crippen molar-refractivity contribution in [2.45, 2.75) is 19.8 Å². The van der Waals surface area contributed by atoms with Crippen molar-refractivity contribution in [2.75, 3.05) is 13.2 Å². The first-order chi connectivity index (χ1) is 10.7. The zero-order valence-corrected chi connectivity index (χ0v) is 12.7. The molecule has 1 amide bonds. The second-order valence-corrected chi connectivity index (χ2v) is 4.98. The van der Waals surface area contributed by atoms with Gasteiger partial charge in [0, 0.05) is 0 Å². The van der Waals surface area contributed by atoms with E-state index in [0.29, 0.717) is 13.2 Å². The number of aryl methyl sites for hydroxylation is 1. The summed E-state index contributed by atoms with van der Waals surface area (Å²) in [6, 6.07) is 14.4. The van der Waals surface area contributed by atoms with E-state index in [1.54, 1.807) is 18.2 Å². The number of aromatic hydroxyl groups is 1. The normalized spacial score (nSPS) is 10.2. The molecule has 0 aromatic heterocycles. The molecule has 0 fully saturated rings. The van der Waals surface area contributed by atoms with Gasteiger partial charge in [0.05, 0.1) is 12.1 Å². The Morgan fingerprint density at radius 1 is 1.14 bits per heavy atom. The smallest absolute Gasteiger partial charge is 0.255 e. The topological polar surface area (TPSA) is 58.6 Å². The van der Waals surface area contributed by atoms with E-state index in [1.807, 2.05) is 18.2 Å². The van der Waals surface area contributed by atoms with Crippen LogP contribution in [0.25, 0.3) is 0 Å². The minimum atomic E-state index is -0.302. The third-order valence-corrected chi connectivity index (χ3v) is 3.29. The van der Waals surface area contributed by atoms with E-state index in [0.717, 1.165) is 18.6 Å². The van der Waals surface area contributed by atoms with Gasteiger partial charge in [-0.25, -0.2) is 0 Å². The van der Waals surface area contributed by atoms with Gasteiger partial charge in [0.2, 0.25) is 0 Å². The monoisotopic (exact) mass is 299 g/mol. The van der Waals surface area contributed by atoms with Gasteiger partial charge in [-0.05, 0) is 30.2 Å². The van der Waals surface area contributed by atoms with E-state index in [4.69, 9.17) is 4.74 Å². The Kier molecular flexibility index (Phi) is 5.83. The van der Waals surface area contributed by atoms with E-state index >= 15 is 0 Å². The summed E-state index contributed by atoms with van der Waals surface area (Å²) in [5, 5.41) is 12.4. The Morgan fingerprint density at radius 3 is 2.64 bits per heavy atom. The Balaban J connectivity index is 1.83. The van der Waals surface area contributed by atoms with Crippen LogP contribution in [0.2, 0.25) is 0 Å². The number of ether oxygens (including phenoxy) is 1. The molecule has 0 unspecified atom stereocenters. The molecule has 2 aromatic rings. The van der Waals surface area contributed by atoms with Crippen molar-refractivity contribution in [2.24, 2.45) is 0 Å². The number of phenols is 1. The number of hydrogen-bond donors (Lipinski definition) is 2. The summed E-state index contributed by atoms with van der Waals surface area (Å²) >= 11 is 0. The minimum absolute atomic E-state index is 0.0193. The molecule has 0 heterocycles. The fourth-order valence-corrected chi connectivity index (χ4v) is 2.21. The molecule has 0 bridgehead atoms. The summed E-state index contributed by atoms with van der Waals surface area (Å²) in [5.41, 5.74) is 1.45. The average molecular weight is 299 g/mol. The quantitative estimate of drug-likeness (QED) is 0.772. The lowest BCUT2D eigenvalue weighted by Crippen LogP contribution is -2.28. The molecular formula is C18H21NO3. The van der Waals surface area contributed by atoms with Crippen LogP contribution in [0, 0.1) is 0 Å². The Bertz CT molecular complexity index is 625. The molecule has 0 saturated heterocycles. The van der Waals surface area contributed by atoms with Gasteiger partial charge < -0.3 is 15.2 Å². The van der Waals surface area contributed by atoms with Crippen LogP contribution in [-0.2, 0) is 6.42 Å². The molecule has 0 spiro atoms. The molecule has 0 aliphatic heterocycles. The molecule has 22 heavy (non-hydrogen) atoms. The number of carbonyl (C=O) groups is 1. The van der Waals surface area contributed by atoms with Gasteiger partial charge in [-0.3, -0.25) is 4.79 Å². The maximum atomic E-state index is 11.9. The van der Waals surface area contributed by atoms with Crippen LogP contribution in [0.1, 0.15) is 29.3 Å². The van der Waals surface area contributed by atoms with Crippen LogP contribution in [0.5, 0.6) is 11.5 Å². The van der Waals surface area contributed by atoms with Crippen LogP contribution in [0.15, 0.2) is 48.5 Å². The van der Waals surface area contributed by atoms with Crippen molar-refractivity contribution in [1.29, 1.82) is 0 Å². The lowest BCUT2D eigenvalue weighted by atomic mass is 10.1. The molecule has 2 aromatic carbocycles. The molecule has 0 aliphatic carbocycles. The highest BCUT2D eigenvalue weighted by Gasteiger charge is 2.09. The van der Waals surface area contributed by atoms with Gasteiger partial charge in [0.25, 0.3) is 5.91 Å². The van der Waals surface area contributed by atoms with Gasteiger partial charge in [-0.15, -0.1) is 0 Å². The number of amides is 1. The molecule has 4 heteroatoms. The molecule has 0 aliphatic rings. The predicted molar refractivity (Wildman–Crippen MR) is 86.4 cm³/mol. The van der Waals surface area contributed by atoms with E-state index in [1.165, 1.54) is 11.6 Å². The molecule has 0 radical (unpaired) electrons. The standard InChI is InChI=1S/C18H21NO3/c1-2-7-14-8-3-6-11-17(14)22-13-12-19-18(21)15-9-4-5-10-16(15)20/h3-6,8-11,20H,2,7,12-13H2,1H3,(H,19,21). The third-order valence-electron chi connectivity index (χ3n) is 3.29. The number of nitrogens with one attached hydrogen (secondary N) is 1. The average Bonchev–Trinajstić information content (AvgIpc) is 2.53. The highest BCUT2D eigenvalue weighted by atomic mass is 16.5. The van der Waals surface area contributed by atoms with Crippen molar-refractivity contribution in [1.82, 2.24) is 5.32 Å². The molecule has 4 nitrogen and oxygen atoms in total. The largest absolute Gasteiger partial charge is 0.507 e. The van der Waals surface area contributed by atoms with E-state index in [2.05, 4.69) is 18.3 Å². The van der Waals surface area contributed by atoms with Crippen molar-refractivity contribution in [3.8, 4) is 11.5 Å². The van der Waals surface area contributed by atoms with Gasteiger partial charge in [-0.2, -0.15) is 0 Å². The number of para-hydroxylation sites is 2. The second-order valence-electron chi connectivity index (χ2n) is 4.98. The number of hydrogen-bond acceptors (Lipinski definition) is 3. The van der Waals surface area contributed by atoms with Crippen molar-refractivity contribution in [3.63, 3.8) is 0 Å². The fraction of sp³-hybridized carbons (Fsp3) is 0.278. The molecule has 116 valence electrons. The van der Waals surface area contributed by atoms with Gasteiger partial charge in [-0.1, -0.05) is 43.7 Å². The third kappa shape index (κ3) is 4.25. The summed E-state index contributed by atoms with van der Waals surface area (Å²) in [5.74, 6) is 0.541. The van der Waals surface area contributed by atoms with Gasteiger partial charge >= 0.3 is 0 Å². The summed E-state index contributed by atoms with van der Waals surface area (Å²) in [4.78, 5) is 11.9. The number of benzene rings is 2. The van der Waals surface area contributed by atoms with Crippen LogP contribution < -0.4 is 10.1 Å². The summed E-state index contributed by atoms with van der Waals surface area (Å²) in [7, 11) is 0. The maximum absolute atomic E-state index is 11.9. The lowest BCUT2D eigenvalue weighted by Gasteiger charge is -2.11. The minimum Gasteiger partial charge on any atom is -0.507 e. The zero-order valence-electron chi connectivity index (χ0n) is 12.7. The van der Waals surface area contributed by atoms with Crippen molar-refractivity contribution in [3.05, 3.63) is 59.7 Å². The predicted octanol–water partition coefficient (Wildman–Crippen LogP) is 3.15. The van der Waals surface area contributed by atoms with Crippen LogP contribution in [0.4, 0.5) is 0 Å². The van der Waals surface area contributed by atoms with Gasteiger partial charge in [0.15, 0.2) is 0 Å². The zero-order chi connectivity index (χ0) is 15.8. The first-order valence-corrected chi connectivity index (χ1v) is 7.49. The first kappa shape index (κ1) is 15.9. The Labute approximate surface area is 130 Å². The molecular weight excluding hydrogens is 278 g/mol. The summed E-state index contributed by atoms with van der Waals surface area (Å²) in [6.07, 6.45) is 2.03. The van der Waals surface area contributed by atoms with Crippen LogP contribution in [-0.4, -0.2) is 24.2 Å². The molecule has 0 saturated carbocycles. The summed E-state index contributed by atoms with van der Waals surface area (Å²) < 4.78 is 5.73. The van der Waals surface area contributed by atoms with Gasteiger partial charge in [0.1, 0.15) is 18.1 Å². The second kappa shape index (κ2) is 8.08. The molecule has 2 rings (SSSR count). The Hall–Kier alpha value is -2.49. The highest BCUT2D eigenvalue weighted by molar-refractivity contribution is 5.96. The van der Waals surface area contributed by atoms with Crippen LogP contribution >= 0.6 is 0 Å². The number of rotatable bonds is 7. The Morgan fingerprint density at radius 2 is 1.86 bits per heavy atom. The number of carbonyl (C=O) groups excluding carboxylic acids is 1. The first-order valence-electron chi connectivity index (χ1n) is 7.49. The maximum Gasteiger partial charge on any atom is 0.255 e. The van der Waals surface area contributed by atoms with E-state index in [-0.39, 0.29) is 17.2 Å². The lowest BCUT2D eigenvalue weighted by molar-refractivity contribution is 0.0944. The van der Waals surface area contributed by atoms with E-state index in [9.17, 15) is 9.90 Å². The summed E-state index contributed by atoms with van der Waals surface area (Å²) in [6.45, 7) is 2.90. The molecule has 2 N–H and O–H groups in total. The van der Waals surface area contributed by atoms with Crippen molar-refractivity contribution >= 4 is 5.91 Å². The number of phenolic OH excluding ortho intramolecular Hbond substituents is 1. The SMILES string of the molecule is CCCc1ccccc1OCCNC(=O)c1ccccc1O. The fourth-order valence-electron chi connectivity index (χ4n) is 2.21. The van der Waals surface area contributed by atoms with E-state index < -0.39 is 0 Å².